The van der Waals surface area contributed by atoms with E-state index >= 15 is 0 Å². The maximum atomic E-state index is 13.4. The molecule has 3 nitrogen and oxygen atoms in total. The summed E-state index contributed by atoms with van der Waals surface area (Å²) in [7, 11) is 4.30. The Morgan fingerprint density at radius 3 is 2.80 bits per heavy atom. The summed E-state index contributed by atoms with van der Waals surface area (Å²) in [5, 5.41) is 0. The van der Waals surface area contributed by atoms with Crippen molar-refractivity contribution in [1.82, 2.24) is 9.80 Å². The van der Waals surface area contributed by atoms with E-state index in [-0.39, 0.29) is 11.9 Å². The lowest BCUT2D eigenvalue weighted by Crippen LogP contribution is -2.40. The summed E-state index contributed by atoms with van der Waals surface area (Å²) in [4.78, 5) is 4.72. The fraction of sp³-hybridized carbons (Fsp3) is 0.625. The summed E-state index contributed by atoms with van der Waals surface area (Å²) < 4.78 is 13.4. The van der Waals surface area contributed by atoms with Crippen LogP contribution in [-0.4, -0.2) is 49.6 Å². The van der Waals surface area contributed by atoms with Gasteiger partial charge in [0.2, 0.25) is 0 Å². The summed E-state index contributed by atoms with van der Waals surface area (Å²) in [5.41, 5.74) is 7.75. The minimum absolute atomic E-state index is 0.150. The Morgan fingerprint density at radius 2 is 2.25 bits per heavy atom. The maximum Gasteiger partial charge on any atom is 0.126 e. The van der Waals surface area contributed by atoms with Gasteiger partial charge in [-0.1, -0.05) is 12.1 Å². The minimum atomic E-state index is -0.150. The van der Waals surface area contributed by atoms with Gasteiger partial charge in [-0.05, 0) is 57.6 Å². The van der Waals surface area contributed by atoms with Gasteiger partial charge < -0.3 is 10.6 Å². The van der Waals surface area contributed by atoms with Crippen molar-refractivity contribution < 1.29 is 4.39 Å². The highest BCUT2D eigenvalue weighted by atomic mass is 19.1. The zero-order valence-corrected chi connectivity index (χ0v) is 12.8. The Kier molecular flexibility index (Phi) is 5.13. The highest BCUT2D eigenvalue weighted by Crippen LogP contribution is 2.23. The summed E-state index contributed by atoms with van der Waals surface area (Å²) in [6.45, 7) is 4.55. The van der Waals surface area contributed by atoms with E-state index in [2.05, 4.69) is 23.9 Å². The average Bonchev–Trinajstić information content (AvgIpc) is 2.80. The molecule has 0 spiro atoms. The molecular weight excluding hydrogens is 253 g/mol. The van der Waals surface area contributed by atoms with Crippen molar-refractivity contribution in [3.63, 3.8) is 0 Å². The van der Waals surface area contributed by atoms with Gasteiger partial charge in [0.15, 0.2) is 0 Å². The summed E-state index contributed by atoms with van der Waals surface area (Å²) in [6, 6.07) is 6.08. The number of nitrogens with zero attached hydrogens (tertiary/aromatic N) is 2. The van der Waals surface area contributed by atoms with Crippen LogP contribution in [0.4, 0.5) is 4.39 Å². The predicted octanol–water partition coefficient (Wildman–Crippen LogP) is 2.16. The Balaban J connectivity index is 2.08. The van der Waals surface area contributed by atoms with Crippen LogP contribution in [0.5, 0.6) is 0 Å². The highest BCUT2D eigenvalue weighted by molar-refractivity contribution is 5.26. The molecule has 1 aromatic rings. The Bertz CT molecular complexity index is 449. The molecule has 1 fully saturated rings. The molecule has 1 aliphatic rings. The molecule has 0 amide bonds. The SMILES string of the molecule is Cc1cc(C(CN)N(C)CC2CCCN2C)ccc1F. The van der Waals surface area contributed by atoms with Gasteiger partial charge in [0.05, 0.1) is 0 Å². The quantitative estimate of drug-likeness (QED) is 0.896. The fourth-order valence-corrected chi connectivity index (χ4v) is 3.12. The number of likely N-dealkylation sites (tertiary alicyclic amines) is 1. The third-order valence-corrected chi connectivity index (χ3v) is 4.49. The largest absolute Gasteiger partial charge is 0.329 e. The van der Waals surface area contributed by atoms with E-state index in [1.165, 1.54) is 19.4 Å². The number of likely N-dealkylation sites (N-methyl/N-ethyl adjacent to an activating group) is 2. The zero-order chi connectivity index (χ0) is 14.7. The third-order valence-electron chi connectivity index (χ3n) is 4.49. The van der Waals surface area contributed by atoms with E-state index in [0.717, 1.165) is 12.1 Å². The molecule has 0 aromatic heterocycles. The molecule has 2 unspecified atom stereocenters. The van der Waals surface area contributed by atoms with E-state index in [0.29, 0.717) is 18.2 Å². The van der Waals surface area contributed by atoms with Crippen LogP contribution >= 0.6 is 0 Å². The number of halogens is 1. The number of hydrogen-bond acceptors (Lipinski definition) is 3. The van der Waals surface area contributed by atoms with E-state index < -0.39 is 0 Å². The fourth-order valence-electron chi connectivity index (χ4n) is 3.12. The number of hydrogen-bond donors (Lipinski definition) is 1. The van der Waals surface area contributed by atoms with E-state index in [1.54, 1.807) is 13.0 Å². The maximum absolute atomic E-state index is 13.4. The molecule has 2 rings (SSSR count). The minimum Gasteiger partial charge on any atom is -0.329 e. The van der Waals surface area contributed by atoms with Crippen molar-refractivity contribution in [2.45, 2.75) is 31.8 Å². The molecule has 0 saturated carbocycles. The Morgan fingerprint density at radius 1 is 1.50 bits per heavy atom. The van der Waals surface area contributed by atoms with Crippen molar-refractivity contribution in [1.29, 1.82) is 0 Å². The van der Waals surface area contributed by atoms with Crippen molar-refractivity contribution in [3.8, 4) is 0 Å². The first-order chi connectivity index (χ1) is 9.52. The number of rotatable bonds is 5. The lowest BCUT2D eigenvalue weighted by molar-refractivity contribution is 0.179. The van der Waals surface area contributed by atoms with Gasteiger partial charge >= 0.3 is 0 Å². The lowest BCUT2D eigenvalue weighted by atomic mass is 10.0. The summed E-state index contributed by atoms with van der Waals surface area (Å²) in [6.07, 6.45) is 2.53. The second-order valence-corrected chi connectivity index (χ2v) is 5.98. The van der Waals surface area contributed by atoms with Crippen LogP contribution in [0.25, 0.3) is 0 Å². The number of aryl methyl sites for hydroxylation is 1. The molecule has 1 aromatic carbocycles. The average molecular weight is 279 g/mol. The monoisotopic (exact) mass is 279 g/mol. The van der Waals surface area contributed by atoms with Gasteiger partial charge in [-0.25, -0.2) is 4.39 Å². The summed E-state index contributed by atoms with van der Waals surface area (Å²) >= 11 is 0. The first-order valence-electron chi connectivity index (χ1n) is 7.39. The van der Waals surface area contributed by atoms with Crippen LogP contribution in [0.15, 0.2) is 18.2 Å². The molecule has 0 bridgehead atoms. The normalized spacial score (nSPS) is 21.6. The molecule has 2 atom stereocenters. The molecule has 0 radical (unpaired) electrons. The van der Waals surface area contributed by atoms with Gasteiger partial charge in [0, 0.05) is 25.2 Å². The molecule has 1 heterocycles. The van der Waals surface area contributed by atoms with Gasteiger partial charge in [-0.2, -0.15) is 0 Å². The topological polar surface area (TPSA) is 32.5 Å². The van der Waals surface area contributed by atoms with Gasteiger partial charge in [-0.3, -0.25) is 4.90 Å². The predicted molar refractivity (Wildman–Crippen MR) is 81.2 cm³/mol. The van der Waals surface area contributed by atoms with Crippen LogP contribution < -0.4 is 5.73 Å². The second-order valence-electron chi connectivity index (χ2n) is 5.98. The first-order valence-corrected chi connectivity index (χ1v) is 7.39. The Labute approximate surface area is 121 Å². The molecule has 2 N–H and O–H groups in total. The van der Waals surface area contributed by atoms with Crippen LogP contribution in [-0.2, 0) is 0 Å². The van der Waals surface area contributed by atoms with E-state index in [1.807, 2.05) is 12.1 Å². The van der Waals surface area contributed by atoms with Crippen molar-refractivity contribution in [3.05, 3.63) is 35.1 Å². The second kappa shape index (κ2) is 6.66. The number of nitrogens with two attached hydrogens (primary N) is 1. The highest BCUT2D eigenvalue weighted by Gasteiger charge is 2.25. The molecule has 4 heteroatoms. The van der Waals surface area contributed by atoms with E-state index in [9.17, 15) is 4.39 Å². The van der Waals surface area contributed by atoms with Crippen molar-refractivity contribution in [2.75, 3.05) is 33.7 Å². The molecule has 1 saturated heterocycles. The van der Waals surface area contributed by atoms with Gasteiger partial charge in [0.25, 0.3) is 0 Å². The lowest BCUT2D eigenvalue weighted by Gasteiger charge is -2.32. The summed E-state index contributed by atoms with van der Waals surface area (Å²) in [5.74, 6) is -0.150. The van der Waals surface area contributed by atoms with Gasteiger partial charge in [0.1, 0.15) is 5.82 Å². The molecule has 1 aliphatic heterocycles. The van der Waals surface area contributed by atoms with E-state index in [4.69, 9.17) is 5.73 Å². The standard InChI is InChI=1S/C16H26FN3/c1-12-9-13(6-7-15(12)17)16(10-18)20(3)11-14-5-4-8-19(14)2/h6-7,9,14,16H,4-5,8,10-11,18H2,1-3H3. The number of benzene rings is 1. The van der Waals surface area contributed by atoms with Crippen molar-refractivity contribution in [2.24, 2.45) is 5.73 Å². The van der Waals surface area contributed by atoms with Gasteiger partial charge in [-0.15, -0.1) is 0 Å². The molecule has 112 valence electrons. The smallest absolute Gasteiger partial charge is 0.126 e. The van der Waals surface area contributed by atoms with Crippen molar-refractivity contribution >= 4 is 0 Å². The Hall–Kier alpha value is -0.970. The molecule has 20 heavy (non-hydrogen) atoms. The van der Waals surface area contributed by atoms with Crippen LogP contribution in [0.1, 0.15) is 30.0 Å². The zero-order valence-electron chi connectivity index (χ0n) is 12.8. The molecule has 0 aliphatic carbocycles. The van der Waals surface area contributed by atoms with Crippen LogP contribution in [0.2, 0.25) is 0 Å². The third kappa shape index (κ3) is 3.37. The van der Waals surface area contributed by atoms with Crippen LogP contribution in [0.3, 0.4) is 0 Å². The van der Waals surface area contributed by atoms with Crippen LogP contribution in [0, 0.1) is 12.7 Å². The molecular formula is C16H26FN3. The first kappa shape index (κ1) is 15.4.